The molecule has 116 valence electrons. The second kappa shape index (κ2) is 6.30. The predicted octanol–water partition coefficient (Wildman–Crippen LogP) is 4.35. The molecular formula is C15H18F3NOS. The molecular weight excluding hydrogens is 299 g/mol. The summed E-state index contributed by atoms with van der Waals surface area (Å²) in [6, 6.07) is 3.39. The molecule has 1 aliphatic rings. The van der Waals surface area contributed by atoms with Crippen LogP contribution < -0.4 is 5.32 Å². The van der Waals surface area contributed by atoms with Crippen molar-refractivity contribution in [1.82, 2.24) is 5.32 Å². The lowest BCUT2D eigenvalue weighted by atomic mass is 10.1. The molecule has 2 nitrogen and oxygen atoms in total. The Balaban J connectivity index is 2.20. The summed E-state index contributed by atoms with van der Waals surface area (Å²) in [5.41, 5.74) is -0.410. The van der Waals surface area contributed by atoms with Gasteiger partial charge in [-0.05, 0) is 43.2 Å². The Bertz CT molecular complexity index is 530. The summed E-state index contributed by atoms with van der Waals surface area (Å²) < 4.78 is 38.1. The summed E-state index contributed by atoms with van der Waals surface area (Å²) in [5.74, 6) is 0.132. The standard InChI is InChI=1S/C15H18F3NOS/c1-9-4-3-5-12(9)19-14(20)11-7-6-10(15(16,17)18)8-13(11)21-2/h6-9,12H,3-5H2,1-2H3,(H,19,20)/t9-,12+/m1/s1. The largest absolute Gasteiger partial charge is 0.416 e. The van der Waals surface area contributed by atoms with Crippen LogP contribution in [0, 0.1) is 5.92 Å². The molecule has 0 spiro atoms. The lowest BCUT2D eigenvalue weighted by Gasteiger charge is -2.18. The zero-order valence-corrected chi connectivity index (χ0v) is 12.8. The highest BCUT2D eigenvalue weighted by molar-refractivity contribution is 7.98. The number of hydrogen-bond donors (Lipinski definition) is 1. The van der Waals surface area contributed by atoms with E-state index in [1.54, 1.807) is 6.26 Å². The molecule has 0 unspecified atom stereocenters. The zero-order valence-electron chi connectivity index (χ0n) is 12.0. The number of carbonyl (C=O) groups is 1. The molecule has 1 aromatic carbocycles. The normalized spacial score (nSPS) is 22.3. The quantitative estimate of drug-likeness (QED) is 0.840. The molecule has 0 heterocycles. The Morgan fingerprint density at radius 3 is 2.57 bits per heavy atom. The van der Waals surface area contributed by atoms with Crippen molar-refractivity contribution in [2.75, 3.05) is 6.26 Å². The van der Waals surface area contributed by atoms with E-state index in [2.05, 4.69) is 12.2 Å². The van der Waals surface area contributed by atoms with Crippen molar-refractivity contribution >= 4 is 17.7 Å². The number of carbonyl (C=O) groups excluding carboxylic acids is 1. The lowest BCUT2D eigenvalue weighted by molar-refractivity contribution is -0.137. The van der Waals surface area contributed by atoms with Crippen LogP contribution >= 0.6 is 11.8 Å². The molecule has 2 atom stereocenters. The van der Waals surface area contributed by atoms with E-state index in [4.69, 9.17) is 0 Å². The van der Waals surface area contributed by atoms with Gasteiger partial charge >= 0.3 is 6.18 Å². The van der Waals surface area contributed by atoms with E-state index in [9.17, 15) is 18.0 Å². The number of rotatable bonds is 3. The first-order valence-electron chi connectivity index (χ1n) is 6.89. The fourth-order valence-corrected chi connectivity index (χ4v) is 3.29. The maximum Gasteiger partial charge on any atom is 0.416 e. The van der Waals surface area contributed by atoms with Crippen LogP contribution in [0.2, 0.25) is 0 Å². The average Bonchev–Trinajstić information content (AvgIpc) is 2.82. The summed E-state index contributed by atoms with van der Waals surface area (Å²) in [5, 5.41) is 2.94. The van der Waals surface area contributed by atoms with E-state index in [0.717, 1.165) is 43.2 Å². The highest BCUT2D eigenvalue weighted by atomic mass is 32.2. The van der Waals surface area contributed by atoms with Crippen LogP contribution in [0.15, 0.2) is 23.1 Å². The summed E-state index contributed by atoms with van der Waals surface area (Å²) >= 11 is 1.15. The van der Waals surface area contributed by atoms with Crippen LogP contribution in [0.3, 0.4) is 0 Å². The third-order valence-electron chi connectivity index (χ3n) is 3.95. The van der Waals surface area contributed by atoms with Crippen LogP contribution in [0.1, 0.15) is 42.1 Å². The molecule has 1 amide bonds. The fraction of sp³-hybridized carbons (Fsp3) is 0.533. The van der Waals surface area contributed by atoms with Crippen molar-refractivity contribution in [1.29, 1.82) is 0 Å². The van der Waals surface area contributed by atoms with Crippen molar-refractivity contribution in [3.63, 3.8) is 0 Å². The van der Waals surface area contributed by atoms with Gasteiger partial charge < -0.3 is 5.32 Å². The number of thioether (sulfide) groups is 1. The molecule has 1 N–H and O–H groups in total. The van der Waals surface area contributed by atoms with Gasteiger partial charge in [-0.3, -0.25) is 4.79 Å². The molecule has 1 aromatic rings. The Morgan fingerprint density at radius 2 is 2.05 bits per heavy atom. The van der Waals surface area contributed by atoms with Crippen molar-refractivity contribution in [3.05, 3.63) is 29.3 Å². The number of alkyl halides is 3. The second-order valence-corrected chi connectivity index (χ2v) is 6.25. The maximum absolute atomic E-state index is 12.7. The van der Waals surface area contributed by atoms with E-state index in [0.29, 0.717) is 16.4 Å². The van der Waals surface area contributed by atoms with Gasteiger partial charge in [-0.2, -0.15) is 13.2 Å². The summed E-state index contributed by atoms with van der Waals surface area (Å²) in [6.07, 6.45) is 0.369. The Kier molecular flexibility index (Phi) is 4.86. The fourth-order valence-electron chi connectivity index (χ4n) is 2.66. The van der Waals surface area contributed by atoms with Crippen molar-refractivity contribution < 1.29 is 18.0 Å². The minimum atomic E-state index is -4.39. The van der Waals surface area contributed by atoms with Crippen LogP contribution in [0.4, 0.5) is 13.2 Å². The Labute approximate surface area is 126 Å². The number of hydrogen-bond acceptors (Lipinski definition) is 2. The topological polar surface area (TPSA) is 29.1 Å². The summed E-state index contributed by atoms with van der Waals surface area (Å²) in [6.45, 7) is 2.08. The molecule has 0 saturated heterocycles. The third-order valence-corrected chi connectivity index (χ3v) is 4.73. The Morgan fingerprint density at radius 1 is 1.33 bits per heavy atom. The summed E-state index contributed by atoms with van der Waals surface area (Å²) in [4.78, 5) is 12.6. The summed E-state index contributed by atoms with van der Waals surface area (Å²) in [7, 11) is 0. The van der Waals surface area contributed by atoms with E-state index in [1.807, 2.05) is 0 Å². The molecule has 6 heteroatoms. The van der Waals surface area contributed by atoms with Gasteiger partial charge in [-0.15, -0.1) is 11.8 Å². The number of halogens is 3. The predicted molar refractivity (Wildman–Crippen MR) is 77.5 cm³/mol. The van der Waals surface area contributed by atoms with Gasteiger partial charge in [0.05, 0.1) is 11.1 Å². The van der Waals surface area contributed by atoms with E-state index in [1.165, 1.54) is 6.07 Å². The molecule has 0 radical (unpaired) electrons. The zero-order chi connectivity index (χ0) is 15.6. The minimum Gasteiger partial charge on any atom is -0.349 e. The smallest absolute Gasteiger partial charge is 0.349 e. The SMILES string of the molecule is CSc1cc(C(F)(F)F)ccc1C(=O)N[C@H]1CCC[C@H]1C. The van der Waals surface area contributed by atoms with Gasteiger partial charge in [-0.25, -0.2) is 0 Å². The molecule has 1 saturated carbocycles. The Hall–Kier alpha value is -1.17. The molecule has 0 bridgehead atoms. The number of amides is 1. The van der Waals surface area contributed by atoms with Gasteiger partial charge in [0.1, 0.15) is 0 Å². The third kappa shape index (κ3) is 3.73. The molecule has 1 fully saturated rings. The van der Waals surface area contributed by atoms with Crippen LogP contribution in [-0.2, 0) is 6.18 Å². The first-order valence-corrected chi connectivity index (χ1v) is 8.11. The van der Waals surface area contributed by atoms with Gasteiger partial charge in [0, 0.05) is 10.9 Å². The van der Waals surface area contributed by atoms with Crippen molar-refractivity contribution in [2.24, 2.45) is 5.92 Å². The van der Waals surface area contributed by atoms with E-state index < -0.39 is 11.7 Å². The highest BCUT2D eigenvalue weighted by Crippen LogP contribution is 2.33. The molecule has 1 aliphatic carbocycles. The van der Waals surface area contributed by atoms with Crippen LogP contribution in [0.25, 0.3) is 0 Å². The maximum atomic E-state index is 12.7. The average molecular weight is 317 g/mol. The monoisotopic (exact) mass is 317 g/mol. The van der Waals surface area contributed by atoms with Crippen LogP contribution in [-0.4, -0.2) is 18.2 Å². The first-order chi connectivity index (χ1) is 9.82. The highest BCUT2D eigenvalue weighted by Gasteiger charge is 2.32. The van der Waals surface area contributed by atoms with E-state index >= 15 is 0 Å². The van der Waals surface area contributed by atoms with Gasteiger partial charge in [0.25, 0.3) is 5.91 Å². The van der Waals surface area contributed by atoms with Gasteiger partial charge in [-0.1, -0.05) is 13.3 Å². The van der Waals surface area contributed by atoms with Crippen molar-refractivity contribution in [3.8, 4) is 0 Å². The van der Waals surface area contributed by atoms with Gasteiger partial charge in [0.15, 0.2) is 0 Å². The van der Waals surface area contributed by atoms with Crippen LogP contribution in [0.5, 0.6) is 0 Å². The van der Waals surface area contributed by atoms with E-state index in [-0.39, 0.29) is 11.9 Å². The molecule has 0 aliphatic heterocycles. The second-order valence-electron chi connectivity index (χ2n) is 5.40. The minimum absolute atomic E-state index is 0.120. The molecule has 21 heavy (non-hydrogen) atoms. The lowest BCUT2D eigenvalue weighted by Crippen LogP contribution is -2.36. The number of nitrogens with one attached hydrogen (secondary N) is 1. The first kappa shape index (κ1) is 16.2. The van der Waals surface area contributed by atoms with Crippen molar-refractivity contribution in [2.45, 2.75) is 43.3 Å². The molecule has 2 rings (SSSR count). The van der Waals surface area contributed by atoms with Gasteiger partial charge in [0.2, 0.25) is 0 Å². The number of benzene rings is 1. The molecule has 0 aromatic heterocycles.